The van der Waals surface area contributed by atoms with E-state index in [1.165, 1.54) is 6.08 Å². The molecule has 5 nitrogen and oxygen atoms in total. The standard InChI is InChI=1S/C11H21N2O3.ClH/c1-4-11(14)16-10-7-13(2,3)12-5-8-15-9-6-12;/h4H,1,5-10H2,2-3H3;1H/q+1;/p-1. The van der Waals surface area contributed by atoms with Crippen molar-refractivity contribution in [3.63, 3.8) is 0 Å². The number of halogens is 1. The normalized spacial score (nSPS) is 17.1. The van der Waals surface area contributed by atoms with Crippen LogP contribution in [0.25, 0.3) is 0 Å². The summed E-state index contributed by atoms with van der Waals surface area (Å²) in [4.78, 5) is 10.9. The maximum Gasteiger partial charge on any atom is 0.330 e. The van der Waals surface area contributed by atoms with Crippen LogP contribution in [-0.4, -0.2) is 69.1 Å². The van der Waals surface area contributed by atoms with Crippen LogP contribution in [0.4, 0.5) is 0 Å². The van der Waals surface area contributed by atoms with E-state index >= 15 is 0 Å². The number of likely N-dealkylation sites (N-methyl/N-ethyl adjacent to an activating group) is 1. The van der Waals surface area contributed by atoms with E-state index < -0.39 is 0 Å². The Morgan fingerprint density at radius 3 is 2.59 bits per heavy atom. The fourth-order valence-corrected chi connectivity index (χ4v) is 1.67. The van der Waals surface area contributed by atoms with Gasteiger partial charge in [-0.05, 0) is 0 Å². The van der Waals surface area contributed by atoms with E-state index in [9.17, 15) is 4.79 Å². The van der Waals surface area contributed by atoms with Crippen molar-refractivity contribution in [1.29, 1.82) is 0 Å². The van der Waals surface area contributed by atoms with Crippen molar-refractivity contribution >= 4 is 5.97 Å². The lowest BCUT2D eigenvalue weighted by Crippen LogP contribution is -3.00. The molecule has 0 saturated carbocycles. The Hall–Kier alpha value is -0.620. The molecular weight excluding hydrogens is 244 g/mol. The number of hydrogen-bond donors (Lipinski definition) is 0. The lowest BCUT2D eigenvalue weighted by molar-refractivity contribution is -1.00. The van der Waals surface area contributed by atoms with Crippen molar-refractivity contribution in [3.05, 3.63) is 12.7 Å². The first-order valence-corrected chi connectivity index (χ1v) is 5.51. The Kier molecular flexibility index (Phi) is 7.38. The molecule has 0 atom stereocenters. The van der Waals surface area contributed by atoms with Crippen molar-refractivity contribution in [2.75, 3.05) is 53.6 Å². The van der Waals surface area contributed by atoms with E-state index in [-0.39, 0.29) is 18.4 Å². The van der Waals surface area contributed by atoms with Gasteiger partial charge in [-0.1, -0.05) is 6.58 Å². The Morgan fingerprint density at radius 1 is 1.47 bits per heavy atom. The third kappa shape index (κ3) is 5.50. The molecule has 0 unspecified atom stereocenters. The van der Waals surface area contributed by atoms with E-state index in [0.717, 1.165) is 32.8 Å². The van der Waals surface area contributed by atoms with Gasteiger partial charge in [0, 0.05) is 6.08 Å². The van der Waals surface area contributed by atoms with E-state index in [2.05, 4.69) is 25.7 Å². The number of carbonyl (C=O) groups is 1. The molecule has 0 radical (unpaired) electrons. The lowest BCUT2D eigenvalue weighted by atomic mass is 10.4. The molecule has 1 rings (SSSR count). The summed E-state index contributed by atoms with van der Waals surface area (Å²) in [7, 11) is 4.21. The van der Waals surface area contributed by atoms with Gasteiger partial charge in [0.05, 0.1) is 40.4 Å². The summed E-state index contributed by atoms with van der Waals surface area (Å²) in [5.74, 6) is -0.359. The van der Waals surface area contributed by atoms with Gasteiger partial charge in [-0.2, -0.15) is 5.01 Å². The predicted octanol–water partition coefficient (Wildman–Crippen LogP) is -2.96. The number of rotatable bonds is 5. The van der Waals surface area contributed by atoms with E-state index in [4.69, 9.17) is 9.47 Å². The first-order chi connectivity index (χ1) is 7.56. The molecule has 0 spiro atoms. The van der Waals surface area contributed by atoms with E-state index in [0.29, 0.717) is 11.2 Å². The first-order valence-electron chi connectivity index (χ1n) is 5.51. The second-order valence-electron chi connectivity index (χ2n) is 4.28. The number of ether oxygens (including phenoxy) is 2. The second-order valence-corrected chi connectivity index (χ2v) is 4.28. The van der Waals surface area contributed by atoms with Gasteiger partial charge in [-0.15, -0.1) is 0 Å². The Morgan fingerprint density at radius 2 is 2.06 bits per heavy atom. The molecule has 1 aliphatic heterocycles. The fraction of sp³-hybridized carbons (Fsp3) is 0.727. The van der Waals surface area contributed by atoms with Gasteiger partial charge < -0.3 is 21.9 Å². The van der Waals surface area contributed by atoms with Crippen LogP contribution in [0.1, 0.15) is 0 Å². The van der Waals surface area contributed by atoms with E-state index in [1.807, 2.05) is 0 Å². The number of morpholine rings is 1. The highest BCUT2D eigenvalue weighted by Crippen LogP contribution is 2.08. The summed E-state index contributed by atoms with van der Waals surface area (Å²) in [6, 6.07) is 0. The highest BCUT2D eigenvalue weighted by molar-refractivity contribution is 5.81. The zero-order valence-corrected chi connectivity index (χ0v) is 11.3. The summed E-state index contributed by atoms with van der Waals surface area (Å²) in [6.45, 7) is 7.92. The van der Waals surface area contributed by atoms with Crippen LogP contribution in [0.5, 0.6) is 0 Å². The van der Waals surface area contributed by atoms with Crippen LogP contribution < -0.4 is 12.4 Å². The molecule has 6 heteroatoms. The minimum Gasteiger partial charge on any atom is -1.00 e. The van der Waals surface area contributed by atoms with Crippen LogP contribution in [0.3, 0.4) is 0 Å². The van der Waals surface area contributed by atoms with Gasteiger partial charge in [0.2, 0.25) is 0 Å². The SMILES string of the molecule is C=CC(=O)OCC[N+](C)(C)N1CCOCC1.[Cl-]. The highest BCUT2D eigenvalue weighted by atomic mass is 35.5. The van der Waals surface area contributed by atoms with Crippen LogP contribution >= 0.6 is 0 Å². The van der Waals surface area contributed by atoms with Crippen LogP contribution in [0.2, 0.25) is 0 Å². The predicted molar refractivity (Wildman–Crippen MR) is 60.5 cm³/mol. The van der Waals surface area contributed by atoms with Gasteiger partial charge in [0.15, 0.2) is 0 Å². The molecule has 0 amide bonds. The second kappa shape index (κ2) is 7.66. The topological polar surface area (TPSA) is 38.8 Å². The maximum absolute atomic E-state index is 10.9. The number of nitrogens with zero attached hydrogens (tertiary/aromatic N) is 2. The van der Waals surface area contributed by atoms with Gasteiger partial charge in [-0.25, -0.2) is 9.39 Å². The van der Waals surface area contributed by atoms with Crippen molar-refractivity contribution < 1.29 is 31.3 Å². The molecule has 0 aliphatic carbocycles. The minimum atomic E-state index is -0.359. The zero-order chi connectivity index (χ0) is 12.0. The monoisotopic (exact) mass is 264 g/mol. The number of hydrogen-bond acceptors (Lipinski definition) is 4. The summed E-state index contributed by atoms with van der Waals surface area (Å²) < 4.78 is 11.0. The number of esters is 1. The summed E-state index contributed by atoms with van der Waals surface area (Å²) in [5.41, 5.74) is 0. The minimum absolute atomic E-state index is 0. The van der Waals surface area contributed by atoms with Crippen molar-refractivity contribution in [1.82, 2.24) is 5.01 Å². The Bertz CT molecular complexity index is 253. The third-order valence-electron chi connectivity index (χ3n) is 2.80. The van der Waals surface area contributed by atoms with Gasteiger partial charge in [0.1, 0.15) is 13.2 Å². The number of quaternary nitrogens is 1. The molecule has 0 aromatic rings. The summed E-state index contributed by atoms with van der Waals surface area (Å²) >= 11 is 0. The molecule has 100 valence electrons. The average Bonchev–Trinajstić information content (AvgIpc) is 2.30. The highest BCUT2D eigenvalue weighted by Gasteiger charge is 2.27. The fourth-order valence-electron chi connectivity index (χ4n) is 1.67. The van der Waals surface area contributed by atoms with Gasteiger partial charge in [-0.3, -0.25) is 0 Å². The molecule has 17 heavy (non-hydrogen) atoms. The third-order valence-corrected chi connectivity index (χ3v) is 2.80. The average molecular weight is 265 g/mol. The molecule has 1 saturated heterocycles. The largest absolute Gasteiger partial charge is 1.00 e. The summed E-state index contributed by atoms with van der Waals surface area (Å²) in [6.07, 6.45) is 1.19. The molecule has 1 fully saturated rings. The maximum atomic E-state index is 10.9. The van der Waals surface area contributed by atoms with Crippen LogP contribution in [0, 0.1) is 0 Å². The molecule has 0 aromatic carbocycles. The smallest absolute Gasteiger partial charge is 0.330 e. The molecule has 0 aromatic heterocycles. The Balaban J connectivity index is 0.00000256. The van der Waals surface area contributed by atoms with Crippen LogP contribution in [0.15, 0.2) is 12.7 Å². The zero-order valence-electron chi connectivity index (χ0n) is 10.5. The van der Waals surface area contributed by atoms with Crippen molar-refractivity contribution in [3.8, 4) is 0 Å². The van der Waals surface area contributed by atoms with E-state index in [1.54, 1.807) is 0 Å². The molecule has 0 bridgehead atoms. The van der Waals surface area contributed by atoms with Gasteiger partial charge in [0.25, 0.3) is 0 Å². The quantitative estimate of drug-likeness (QED) is 0.302. The Labute approximate surface area is 109 Å². The van der Waals surface area contributed by atoms with Crippen LogP contribution in [-0.2, 0) is 14.3 Å². The first kappa shape index (κ1) is 16.4. The molecule has 1 aliphatic rings. The van der Waals surface area contributed by atoms with Crippen molar-refractivity contribution in [2.24, 2.45) is 0 Å². The molecule has 1 heterocycles. The molecule has 0 N–H and O–H groups in total. The lowest BCUT2D eigenvalue weighted by Gasteiger charge is -2.41. The summed E-state index contributed by atoms with van der Waals surface area (Å²) in [5, 5.41) is 2.31. The number of carbonyl (C=O) groups excluding carboxylic acids is 1. The van der Waals surface area contributed by atoms with Gasteiger partial charge >= 0.3 is 5.97 Å². The van der Waals surface area contributed by atoms with Crippen molar-refractivity contribution in [2.45, 2.75) is 0 Å². The molecular formula is C11H21ClN2O3.